The van der Waals surface area contributed by atoms with Crippen LogP contribution in [0, 0.1) is 6.92 Å². The quantitative estimate of drug-likeness (QED) is 0.835. The largest absolute Gasteiger partial charge is 0.382 e. The molecule has 7 heteroatoms. The molecule has 2 heterocycles. The lowest BCUT2D eigenvalue weighted by Crippen LogP contribution is -2.53. The third-order valence-corrected chi connectivity index (χ3v) is 4.08. The van der Waals surface area contributed by atoms with Gasteiger partial charge in [0, 0.05) is 26.8 Å². The Morgan fingerprint density at radius 2 is 2.32 bits per heavy atom. The van der Waals surface area contributed by atoms with Gasteiger partial charge in [0.25, 0.3) is 0 Å². The van der Waals surface area contributed by atoms with E-state index in [0.717, 1.165) is 18.5 Å². The van der Waals surface area contributed by atoms with Crippen LogP contribution in [0.5, 0.6) is 0 Å². The van der Waals surface area contributed by atoms with E-state index in [1.807, 2.05) is 6.92 Å². The third kappa shape index (κ3) is 3.47. The van der Waals surface area contributed by atoms with Crippen molar-refractivity contribution in [1.29, 1.82) is 0 Å². The smallest absolute Gasteiger partial charge is 0.230 e. The minimum absolute atomic E-state index is 0.0606. The zero-order valence-corrected chi connectivity index (χ0v) is 13.3. The van der Waals surface area contributed by atoms with Gasteiger partial charge < -0.3 is 19.5 Å². The highest BCUT2D eigenvalue weighted by molar-refractivity contribution is 5.82. The van der Waals surface area contributed by atoms with Crippen LogP contribution in [0.25, 0.3) is 0 Å². The number of carbonyl (C=O) groups is 2. The molecule has 0 unspecified atom stereocenters. The van der Waals surface area contributed by atoms with Gasteiger partial charge in [-0.15, -0.1) is 0 Å². The first-order chi connectivity index (χ1) is 10.5. The minimum Gasteiger partial charge on any atom is -0.382 e. The first-order valence-corrected chi connectivity index (χ1v) is 7.43. The molecule has 22 heavy (non-hydrogen) atoms. The van der Waals surface area contributed by atoms with Gasteiger partial charge in [0.2, 0.25) is 11.8 Å². The van der Waals surface area contributed by atoms with Crippen LogP contribution in [0.4, 0.5) is 0 Å². The van der Waals surface area contributed by atoms with Crippen molar-refractivity contribution in [2.45, 2.75) is 38.1 Å². The van der Waals surface area contributed by atoms with Crippen molar-refractivity contribution in [2.24, 2.45) is 0 Å². The molecule has 122 valence electrons. The SMILES string of the molecule is CNC(=O)C[C@]1(COC)CCCN1C(=O)Cc1cc(C)no1. The molecule has 1 atom stereocenters. The maximum absolute atomic E-state index is 12.6. The van der Waals surface area contributed by atoms with Crippen molar-refractivity contribution in [1.82, 2.24) is 15.4 Å². The van der Waals surface area contributed by atoms with Gasteiger partial charge in [0.15, 0.2) is 0 Å². The van der Waals surface area contributed by atoms with Crippen LogP contribution in [0.15, 0.2) is 10.6 Å². The molecule has 0 saturated carbocycles. The van der Waals surface area contributed by atoms with Crippen LogP contribution in [0.1, 0.15) is 30.7 Å². The van der Waals surface area contributed by atoms with Crippen LogP contribution in [0.3, 0.4) is 0 Å². The number of nitrogens with zero attached hydrogens (tertiary/aromatic N) is 2. The number of hydrogen-bond acceptors (Lipinski definition) is 5. The van der Waals surface area contributed by atoms with Crippen LogP contribution in [-0.4, -0.2) is 54.7 Å². The summed E-state index contributed by atoms with van der Waals surface area (Å²) in [6, 6.07) is 1.75. The van der Waals surface area contributed by atoms with Crippen molar-refractivity contribution >= 4 is 11.8 Å². The van der Waals surface area contributed by atoms with E-state index in [1.54, 1.807) is 25.1 Å². The number of aromatic nitrogens is 1. The molecule has 0 aliphatic carbocycles. The molecule has 0 bridgehead atoms. The van der Waals surface area contributed by atoms with E-state index in [-0.39, 0.29) is 24.7 Å². The molecule has 1 aromatic rings. The van der Waals surface area contributed by atoms with Crippen LogP contribution in [-0.2, 0) is 20.7 Å². The summed E-state index contributed by atoms with van der Waals surface area (Å²) in [5.41, 5.74) is 0.179. The number of amides is 2. The fraction of sp³-hybridized carbons (Fsp3) is 0.667. The van der Waals surface area contributed by atoms with Gasteiger partial charge >= 0.3 is 0 Å². The molecule has 7 nitrogen and oxygen atoms in total. The molecular weight excluding hydrogens is 286 g/mol. The van der Waals surface area contributed by atoms with Gasteiger partial charge in [0.1, 0.15) is 5.76 Å². The van der Waals surface area contributed by atoms with Crippen LogP contribution < -0.4 is 5.32 Å². The Hall–Kier alpha value is -1.89. The second kappa shape index (κ2) is 6.91. The predicted molar refractivity (Wildman–Crippen MR) is 79.2 cm³/mol. The Bertz CT molecular complexity index is 543. The number of ether oxygens (including phenoxy) is 1. The van der Waals surface area contributed by atoms with Crippen molar-refractivity contribution in [3.63, 3.8) is 0 Å². The summed E-state index contributed by atoms with van der Waals surface area (Å²) in [5, 5.41) is 6.42. The Morgan fingerprint density at radius 1 is 1.55 bits per heavy atom. The predicted octanol–water partition coefficient (Wildman–Crippen LogP) is 0.669. The summed E-state index contributed by atoms with van der Waals surface area (Å²) in [5.74, 6) is 0.391. The van der Waals surface area contributed by atoms with Crippen LogP contribution >= 0.6 is 0 Å². The van der Waals surface area contributed by atoms with E-state index in [2.05, 4.69) is 10.5 Å². The van der Waals surface area contributed by atoms with Crippen LogP contribution in [0.2, 0.25) is 0 Å². The minimum atomic E-state index is -0.568. The summed E-state index contributed by atoms with van der Waals surface area (Å²) in [6.07, 6.45) is 2.02. The van der Waals surface area contributed by atoms with E-state index < -0.39 is 5.54 Å². The first kappa shape index (κ1) is 16.5. The number of likely N-dealkylation sites (tertiary alicyclic amines) is 1. The standard InChI is InChI=1S/C15H23N3O4/c1-11-7-12(22-17-11)8-14(20)18-6-4-5-15(18,10-21-3)9-13(19)16-2/h7H,4-6,8-10H2,1-3H3,(H,16,19)/t15-/m0/s1. The second-order valence-corrected chi connectivity index (χ2v) is 5.77. The summed E-state index contributed by atoms with van der Waals surface area (Å²) < 4.78 is 10.4. The number of nitrogens with one attached hydrogen (secondary N) is 1. The molecule has 1 aromatic heterocycles. The molecule has 1 fully saturated rings. The molecule has 0 aromatic carbocycles. The fourth-order valence-corrected chi connectivity index (χ4v) is 3.11. The first-order valence-electron chi connectivity index (χ1n) is 7.43. The lowest BCUT2D eigenvalue weighted by Gasteiger charge is -2.37. The topological polar surface area (TPSA) is 84.7 Å². The van der Waals surface area contributed by atoms with Gasteiger partial charge in [-0.1, -0.05) is 5.16 Å². The maximum Gasteiger partial charge on any atom is 0.230 e. The fourth-order valence-electron chi connectivity index (χ4n) is 3.11. The van der Waals surface area contributed by atoms with Gasteiger partial charge in [-0.3, -0.25) is 9.59 Å². The van der Waals surface area contributed by atoms with Gasteiger partial charge in [-0.2, -0.15) is 0 Å². The van der Waals surface area contributed by atoms with E-state index in [0.29, 0.717) is 18.9 Å². The highest BCUT2D eigenvalue weighted by atomic mass is 16.5. The Labute approximate surface area is 130 Å². The summed E-state index contributed by atoms with van der Waals surface area (Å²) in [4.78, 5) is 26.2. The van der Waals surface area contributed by atoms with E-state index in [1.165, 1.54) is 0 Å². The van der Waals surface area contributed by atoms with Gasteiger partial charge in [-0.05, 0) is 19.8 Å². The third-order valence-electron chi connectivity index (χ3n) is 4.08. The molecule has 1 aliphatic rings. The van der Waals surface area contributed by atoms with Crippen molar-refractivity contribution in [3.05, 3.63) is 17.5 Å². The maximum atomic E-state index is 12.6. The number of carbonyl (C=O) groups excluding carboxylic acids is 2. The highest BCUT2D eigenvalue weighted by Gasteiger charge is 2.45. The Morgan fingerprint density at radius 3 is 2.91 bits per heavy atom. The summed E-state index contributed by atoms with van der Waals surface area (Å²) in [6.45, 7) is 2.79. The zero-order valence-electron chi connectivity index (χ0n) is 13.3. The molecular formula is C15H23N3O4. The molecule has 1 N–H and O–H groups in total. The number of rotatable bonds is 6. The molecule has 1 saturated heterocycles. The Balaban J connectivity index is 2.14. The zero-order chi connectivity index (χ0) is 16.2. The average molecular weight is 309 g/mol. The molecule has 2 amide bonds. The molecule has 0 radical (unpaired) electrons. The highest BCUT2D eigenvalue weighted by Crippen LogP contribution is 2.33. The number of hydrogen-bond donors (Lipinski definition) is 1. The normalized spacial score (nSPS) is 21.1. The van der Waals surface area contributed by atoms with Crippen molar-refractivity contribution in [3.8, 4) is 0 Å². The average Bonchev–Trinajstić information content (AvgIpc) is 3.06. The number of aryl methyl sites for hydroxylation is 1. The number of methoxy groups -OCH3 is 1. The lowest BCUT2D eigenvalue weighted by molar-refractivity contribution is -0.139. The van der Waals surface area contributed by atoms with E-state index in [9.17, 15) is 9.59 Å². The monoisotopic (exact) mass is 309 g/mol. The van der Waals surface area contributed by atoms with Crippen molar-refractivity contribution in [2.75, 3.05) is 27.3 Å². The molecule has 0 spiro atoms. The second-order valence-electron chi connectivity index (χ2n) is 5.77. The van der Waals surface area contributed by atoms with E-state index >= 15 is 0 Å². The lowest BCUT2D eigenvalue weighted by atomic mass is 9.92. The molecule has 1 aliphatic heterocycles. The summed E-state index contributed by atoms with van der Waals surface area (Å²) >= 11 is 0. The van der Waals surface area contributed by atoms with Gasteiger partial charge in [0.05, 0.1) is 30.7 Å². The van der Waals surface area contributed by atoms with Crippen molar-refractivity contribution < 1.29 is 18.8 Å². The Kier molecular flexibility index (Phi) is 5.18. The van der Waals surface area contributed by atoms with Gasteiger partial charge in [-0.25, -0.2) is 0 Å². The summed E-state index contributed by atoms with van der Waals surface area (Å²) in [7, 11) is 3.19. The van der Waals surface area contributed by atoms with E-state index in [4.69, 9.17) is 9.26 Å². The molecule has 2 rings (SSSR count).